The molecule has 164 valence electrons. The molecule has 0 radical (unpaired) electrons. The third-order valence-electron chi connectivity index (χ3n) is 4.68. The molecule has 0 bridgehead atoms. The van der Waals surface area contributed by atoms with Crippen molar-refractivity contribution in [3.8, 4) is 0 Å². The van der Waals surface area contributed by atoms with Gasteiger partial charge in [-0.05, 0) is 24.1 Å². The monoisotopic (exact) mass is 424 g/mol. The molecule has 7 heteroatoms. The van der Waals surface area contributed by atoms with E-state index >= 15 is 0 Å². The molecule has 0 saturated carbocycles. The molecule has 31 heavy (non-hydrogen) atoms. The minimum absolute atomic E-state index is 0.100. The SMILES string of the molecule is C=Cc1c(/C=C\C)c(CC2C(=O)OCN2C(=O)OCc2ccccc2)cn1C=O.CC. The van der Waals surface area contributed by atoms with Gasteiger partial charge in [0.1, 0.15) is 12.6 Å². The van der Waals surface area contributed by atoms with Crippen LogP contribution in [0.3, 0.4) is 0 Å². The lowest BCUT2D eigenvalue weighted by molar-refractivity contribution is -0.139. The molecule has 1 unspecified atom stereocenters. The van der Waals surface area contributed by atoms with E-state index in [2.05, 4.69) is 6.58 Å². The first-order chi connectivity index (χ1) is 15.1. The molecule has 2 heterocycles. The maximum Gasteiger partial charge on any atom is 0.413 e. The summed E-state index contributed by atoms with van der Waals surface area (Å²) in [6.45, 7) is 9.53. The van der Waals surface area contributed by atoms with Gasteiger partial charge >= 0.3 is 12.1 Å². The largest absolute Gasteiger partial charge is 0.444 e. The molecule has 7 nitrogen and oxygen atoms in total. The predicted molar refractivity (Wildman–Crippen MR) is 120 cm³/mol. The first-order valence-electron chi connectivity index (χ1n) is 10.2. The van der Waals surface area contributed by atoms with Crippen molar-refractivity contribution in [1.29, 1.82) is 0 Å². The van der Waals surface area contributed by atoms with Crippen molar-refractivity contribution in [1.82, 2.24) is 9.47 Å². The third kappa shape index (κ3) is 5.51. The lowest BCUT2D eigenvalue weighted by Gasteiger charge is -2.19. The number of ether oxygens (including phenoxy) is 2. The summed E-state index contributed by atoms with van der Waals surface area (Å²) in [5, 5.41) is 0. The van der Waals surface area contributed by atoms with Crippen molar-refractivity contribution in [3.63, 3.8) is 0 Å². The van der Waals surface area contributed by atoms with Crippen LogP contribution >= 0.6 is 0 Å². The second-order valence-corrected chi connectivity index (χ2v) is 6.49. The Morgan fingerprint density at radius 1 is 1.29 bits per heavy atom. The van der Waals surface area contributed by atoms with Gasteiger partial charge < -0.3 is 9.47 Å². The summed E-state index contributed by atoms with van der Waals surface area (Å²) in [6, 6.07) is 8.44. The number of hydrogen-bond donors (Lipinski definition) is 0. The summed E-state index contributed by atoms with van der Waals surface area (Å²) in [5.74, 6) is -0.507. The molecule has 0 spiro atoms. The van der Waals surface area contributed by atoms with Crippen molar-refractivity contribution >= 4 is 30.6 Å². The zero-order valence-electron chi connectivity index (χ0n) is 18.1. The van der Waals surface area contributed by atoms with Gasteiger partial charge in [0.2, 0.25) is 6.41 Å². The Hall–Kier alpha value is -3.61. The van der Waals surface area contributed by atoms with Gasteiger partial charge in [-0.1, -0.05) is 62.9 Å². The van der Waals surface area contributed by atoms with Crippen LogP contribution in [0.5, 0.6) is 0 Å². The Morgan fingerprint density at radius 3 is 2.61 bits per heavy atom. The average molecular weight is 424 g/mol. The number of carbonyl (C=O) groups excluding carboxylic acids is 3. The van der Waals surface area contributed by atoms with Crippen LogP contribution in [-0.2, 0) is 32.1 Å². The van der Waals surface area contributed by atoms with Crippen LogP contribution in [-0.4, -0.2) is 40.7 Å². The molecule has 2 aromatic rings. The molecular weight excluding hydrogens is 396 g/mol. The molecule has 0 aliphatic carbocycles. The van der Waals surface area contributed by atoms with Gasteiger partial charge in [-0.15, -0.1) is 0 Å². The van der Waals surface area contributed by atoms with Crippen LogP contribution in [0.15, 0.2) is 49.2 Å². The molecule has 1 aromatic carbocycles. The van der Waals surface area contributed by atoms with Crippen LogP contribution in [0.2, 0.25) is 0 Å². The third-order valence-corrected chi connectivity index (χ3v) is 4.68. The van der Waals surface area contributed by atoms with Gasteiger partial charge in [-0.25, -0.2) is 9.59 Å². The minimum Gasteiger partial charge on any atom is -0.444 e. The van der Waals surface area contributed by atoms with E-state index in [0.29, 0.717) is 12.1 Å². The van der Waals surface area contributed by atoms with E-state index in [-0.39, 0.29) is 19.8 Å². The number of amides is 1. The summed E-state index contributed by atoms with van der Waals surface area (Å²) < 4.78 is 11.8. The van der Waals surface area contributed by atoms with Crippen LogP contribution in [0, 0.1) is 0 Å². The summed E-state index contributed by atoms with van der Waals surface area (Å²) >= 11 is 0. The number of nitrogens with zero attached hydrogens (tertiary/aromatic N) is 2. The maximum atomic E-state index is 12.5. The van der Waals surface area contributed by atoms with E-state index in [4.69, 9.17) is 9.47 Å². The normalized spacial score (nSPS) is 15.3. The van der Waals surface area contributed by atoms with Crippen molar-refractivity contribution in [2.45, 2.75) is 39.8 Å². The van der Waals surface area contributed by atoms with E-state index < -0.39 is 18.1 Å². The summed E-state index contributed by atoms with van der Waals surface area (Å²) in [4.78, 5) is 37.4. The lowest BCUT2D eigenvalue weighted by atomic mass is 10.0. The predicted octanol–water partition coefficient (Wildman–Crippen LogP) is 4.29. The molecule has 1 amide bonds. The first kappa shape index (κ1) is 23.7. The topological polar surface area (TPSA) is 77.8 Å². The highest BCUT2D eigenvalue weighted by atomic mass is 16.6. The summed E-state index contributed by atoms with van der Waals surface area (Å²) in [5.41, 5.74) is 2.97. The molecular formula is C24H28N2O5. The van der Waals surface area contributed by atoms with Crippen molar-refractivity contribution in [2.24, 2.45) is 0 Å². The fourth-order valence-corrected chi connectivity index (χ4v) is 3.27. The Labute approximate surface area is 182 Å². The smallest absolute Gasteiger partial charge is 0.413 e. The van der Waals surface area contributed by atoms with Gasteiger partial charge in [0.25, 0.3) is 0 Å². The number of cyclic esters (lactones) is 1. The van der Waals surface area contributed by atoms with Crippen LogP contribution in [0.25, 0.3) is 12.2 Å². The molecule has 1 aromatic heterocycles. The fourth-order valence-electron chi connectivity index (χ4n) is 3.27. The molecule has 3 rings (SSSR count). The Morgan fingerprint density at radius 2 is 2.00 bits per heavy atom. The van der Waals surface area contributed by atoms with Crippen molar-refractivity contribution in [3.05, 3.63) is 71.6 Å². The molecule has 1 atom stereocenters. The lowest BCUT2D eigenvalue weighted by Crippen LogP contribution is -2.40. The number of aromatic nitrogens is 1. The van der Waals surface area contributed by atoms with Gasteiger partial charge in [0, 0.05) is 18.2 Å². The standard InChI is InChI=1S/C22H22N2O5.C2H6/c1-3-8-18-17(12-23(14-25)19(18)4-2)11-20-21(26)29-15-24(20)22(27)28-13-16-9-6-5-7-10-16;1-2/h3-10,12,14,20H,2,11,13,15H2,1H3;1-2H3/b8-3-;. The van der Waals surface area contributed by atoms with Gasteiger partial charge in [-0.2, -0.15) is 0 Å². The Balaban J connectivity index is 0.00000166. The number of carbonyl (C=O) groups is 3. The van der Waals surface area contributed by atoms with E-state index in [1.807, 2.05) is 63.3 Å². The minimum atomic E-state index is -0.831. The second kappa shape index (κ2) is 11.5. The molecule has 0 N–H and O–H groups in total. The number of rotatable bonds is 7. The molecule has 1 fully saturated rings. The van der Waals surface area contributed by atoms with Crippen LogP contribution in [0.4, 0.5) is 4.79 Å². The summed E-state index contributed by atoms with van der Waals surface area (Å²) in [6.07, 6.45) is 7.12. The maximum absolute atomic E-state index is 12.5. The Kier molecular flexibility index (Phi) is 8.81. The number of esters is 1. The highest BCUT2D eigenvalue weighted by molar-refractivity contribution is 5.84. The van der Waals surface area contributed by atoms with Crippen LogP contribution in [0.1, 0.15) is 43.2 Å². The van der Waals surface area contributed by atoms with Gasteiger partial charge in [-0.3, -0.25) is 14.3 Å². The number of hydrogen-bond acceptors (Lipinski definition) is 5. The van der Waals surface area contributed by atoms with Crippen LogP contribution < -0.4 is 0 Å². The summed E-state index contributed by atoms with van der Waals surface area (Å²) in [7, 11) is 0. The zero-order valence-corrected chi connectivity index (χ0v) is 18.1. The van der Waals surface area contributed by atoms with E-state index in [1.165, 1.54) is 9.47 Å². The molecule has 1 saturated heterocycles. The van der Waals surface area contributed by atoms with E-state index in [1.54, 1.807) is 12.3 Å². The van der Waals surface area contributed by atoms with Crippen molar-refractivity contribution in [2.75, 3.05) is 6.73 Å². The Bertz CT molecular complexity index is 946. The molecule has 1 aliphatic heterocycles. The number of allylic oxidation sites excluding steroid dienone is 1. The quantitative estimate of drug-likeness (QED) is 0.489. The average Bonchev–Trinajstić information content (AvgIpc) is 3.34. The number of benzene rings is 1. The first-order valence-corrected chi connectivity index (χ1v) is 10.2. The van der Waals surface area contributed by atoms with Gasteiger partial charge in [0.05, 0.1) is 5.69 Å². The zero-order chi connectivity index (χ0) is 22.8. The van der Waals surface area contributed by atoms with Crippen molar-refractivity contribution < 1.29 is 23.9 Å². The second-order valence-electron chi connectivity index (χ2n) is 6.49. The fraction of sp³-hybridized carbons (Fsp3) is 0.292. The highest BCUT2D eigenvalue weighted by Gasteiger charge is 2.39. The van der Waals surface area contributed by atoms with Gasteiger partial charge in [0.15, 0.2) is 6.73 Å². The molecule has 1 aliphatic rings. The van der Waals surface area contributed by atoms with E-state index in [9.17, 15) is 14.4 Å². The van der Waals surface area contributed by atoms with E-state index in [0.717, 1.165) is 16.7 Å². The highest BCUT2D eigenvalue weighted by Crippen LogP contribution is 2.25.